The molecule has 4 nitrogen and oxygen atoms in total. The summed E-state index contributed by atoms with van der Waals surface area (Å²) in [6.07, 6.45) is 1.58. The molecule has 0 heterocycles. The molecule has 0 aromatic heterocycles. The van der Waals surface area contributed by atoms with E-state index in [1.54, 1.807) is 0 Å². The molecule has 2 aromatic rings. The van der Waals surface area contributed by atoms with Gasteiger partial charge in [-0.25, -0.2) is 0 Å². The Balaban J connectivity index is 1.80. The average molecular weight is 311 g/mol. The fourth-order valence-corrected chi connectivity index (χ4v) is 3.32. The second kappa shape index (κ2) is 6.41. The van der Waals surface area contributed by atoms with Crippen LogP contribution in [0.4, 0.5) is 0 Å². The molecular weight excluding hydrogens is 290 g/mol. The van der Waals surface area contributed by atoms with E-state index in [1.165, 1.54) is 21.2 Å². The van der Waals surface area contributed by atoms with Gasteiger partial charge in [0.2, 0.25) is 5.91 Å². The van der Waals surface area contributed by atoms with Crippen LogP contribution in [0.25, 0.3) is 10.8 Å². The first-order valence-electron chi connectivity index (χ1n) is 8.10. The van der Waals surface area contributed by atoms with E-state index in [4.69, 9.17) is 5.11 Å². The molecule has 0 aliphatic heterocycles. The third-order valence-corrected chi connectivity index (χ3v) is 4.46. The van der Waals surface area contributed by atoms with Crippen LogP contribution in [0.15, 0.2) is 42.5 Å². The summed E-state index contributed by atoms with van der Waals surface area (Å²) in [5.41, 5.74) is 1.20. The minimum absolute atomic E-state index is 0.0211. The van der Waals surface area contributed by atoms with Gasteiger partial charge in [-0.1, -0.05) is 49.4 Å². The highest BCUT2D eigenvalue weighted by molar-refractivity contribution is 5.90. The third-order valence-electron chi connectivity index (χ3n) is 4.46. The summed E-state index contributed by atoms with van der Waals surface area (Å²) >= 11 is 0. The highest BCUT2D eigenvalue weighted by Gasteiger charge is 2.46. The molecule has 0 bridgehead atoms. The number of amides is 1. The Morgan fingerprint density at radius 2 is 1.91 bits per heavy atom. The van der Waals surface area contributed by atoms with Crippen molar-refractivity contribution in [1.82, 2.24) is 4.90 Å². The van der Waals surface area contributed by atoms with Gasteiger partial charge in [0.15, 0.2) is 0 Å². The fourth-order valence-electron chi connectivity index (χ4n) is 3.32. The molecule has 1 amide bonds. The van der Waals surface area contributed by atoms with E-state index in [0.29, 0.717) is 6.54 Å². The lowest BCUT2D eigenvalue weighted by Crippen LogP contribution is -2.37. The van der Waals surface area contributed by atoms with Gasteiger partial charge in [0.25, 0.3) is 0 Å². The van der Waals surface area contributed by atoms with Crippen LogP contribution in [0.2, 0.25) is 0 Å². The number of carboxylic acids is 1. The van der Waals surface area contributed by atoms with Crippen molar-refractivity contribution in [2.24, 2.45) is 5.92 Å². The third kappa shape index (κ3) is 3.21. The normalized spacial score (nSPS) is 19.5. The Morgan fingerprint density at radius 3 is 2.65 bits per heavy atom. The zero-order valence-corrected chi connectivity index (χ0v) is 13.2. The fraction of sp³-hybridized carbons (Fsp3) is 0.368. The van der Waals surface area contributed by atoms with Gasteiger partial charge in [0.1, 0.15) is 6.54 Å². The van der Waals surface area contributed by atoms with Crippen LogP contribution in [0.1, 0.15) is 31.2 Å². The zero-order chi connectivity index (χ0) is 16.4. The molecule has 2 atom stereocenters. The maximum Gasteiger partial charge on any atom is 0.323 e. The van der Waals surface area contributed by atoms with Crippen molar-refractivity contribution in [1.29, 1.82) is 0 Å². The van der Waals surface area contributed by atoms with Gasteiger partial charge in [0.05, 0.1) is 0 Å². The molecule has 120 valence electrons. The van der Waals surface area contributed by atoms with E-state index < -0.39 is 5.97 Å². The molecular formula is C19H21NO3. The second-order valence-corrected chi connectivity index (χ2v) is 6.17. The number of carboxylic acid groups (broad SMARTS) is 1. The van der Waals surface area contributed by atoms with Crippen molar-refractivity contribution in [3.8, 4) is 0 Å². The van der Waals surface area contributed by atoms with Crippen molar-refractivity contribution < 1.29 is 14.7 Å². The summed E-state index contributed by atoms with van der Waals surface area (Å²) in [5, 5.41) is 11.4. The van der Waals surface area contributed by atoms with Gasteiger partial charge >= 0.3 is 5.97 Å². The summed E-state index contributed by atoms with van der Waals surface area (Å²) in [4.78, 5) is 25.1. The first-order chi connectivity index (χ1) is 11.1. The van der Waals surface area contributed by atoms with E-state index in [2.05, 4.69) is 24.3 Å². The number of nitrogens with zero attached hydrogens (tertiary/aromatic N) is 1. The molecule has 2 unspecified atom stereocenters. The van der Waals surface area contributed by atoms with Gasteiger partial charge in [-0.05, 0) is 35.1 Å². The predicted octanol–water partition coefficient (Wildman–Crippen LogP) is 3.27. The zero-order valence-electron chi connectivity index (χ0n) is 13.2. The van der Waals surface area contributed by atoms with Crippen LogP contribution in [-0.4, -0.2) is 35.0 Å². The van der Waals surface area contributed by atoms with Crippen molar-refractivity contribution in [3.05, 3.63) is 48.0 Å². The van der Waals surface area contributed by atoms with Crippen LogP contribution in [0.3, 0.4) is 0 Å². The highest BCUT2D eigenvalue weighted by atomic mass is 16.4. The summed E-state index contributed by atoms with van der Waals surface area (Å²) in [6, 6.07) is 14.4. The maximum absolute atomic E-state index is 12.6. The minimum Gasteiger partial charge on any atom is -0.480 e. The van der Waals surface area contributed by atoms with Crippen LogP contribution >= 0.6 is 0 Å². The minimum atomic E-state index is -0.950. The summed E-state index contributed by atoms with van der Waals surface area (Å²) in [7, 11) is 0. The lowest BCUT2D eigenvalue weighted by molar-refractivity contribution is -0.145. The smallest absolute Gasteiger partial charge is 0.323 e. The summed E-state index contributed by atoms with van der Waals surface area (Å²) in [6.45, 7) is 2.26. The van der Waals surface area contributed by atoms with Gasteiger partial charge in [-0.3, -0.25) is 9.59 Å². The molecule has 1 fully saturated rings. The van der Waals surface area contributed by atoms with Gasteiger partial charge in [-0.15, -0.1) is 0 Å². The number of rotatable bonds is 6. The SMILES string of the molecule is CCCN(CC(=O)O)C(=O)C1CC1c1cccc2ccccc12. The highest BCUT2D eigenvalue weighted by Crippen LogP contribution is 2.50. The van der Waals surface area contributed by atoms with Crippen molar-refractivity contribution in [2.75, 3.05) is 13.1 Å². The predicted molar refractivity (Wildman–Crippen MR) is 89.3 cm³/mol. The van der Waals surface area contributed by atoms with E-state index in [9.17, 15) is 9.59 Å². The van der Waals surface area contributed by atoms with Crippen LogP contribution in [0, 0.1) is 5.92 Å². The molecule has 1 N–H and O–H groups in total. The Hall–Kier alpha value is -2.36. The van der Waals surface area contributed by atoms with Gasteiger partial charge in [0, 0.05) is 12.5 Å². The van der Waals surface area contributed by atoms with Crippen LogP contribution in [-0.2, 0) is 9.59 Å². The molecule has 1 aliphatic carbocycles. The molecule has 0 spiro atoms. The van der Waals surface area contributed by atoms with E-state index in [1.807, 2.05) is 25.1 Å². The molecule has 23 heavy (non-hydrogen) atoms. The number of benzene rings is 2. The van der Waals surface area contributed by atoms with Crippen LogP contribution < -0.4 is 0 Å². The van der Waals surface area contributed by atoms with E-state index >= 15 is 0 Å². The second-order valence-electron chi connectivity index (χ2n) is 6.17. The first-order valence-corrected chi connectivity index (χ1v) is 8.10. The number of hydrogen-bond acceptors (Lipinski definition) is 2. The lowest BCUT2D eigenvalue weighted by atomic mass is 10.00. The Labute approximate surface area is 135 Å². The van der Waals surface area contributed by atoms with Crippen molar-refractivity contribution in [3.63, 3.8) is 0 Å². The van der Waals surface area contributed by atoms with E-state index in [-0.39, 0.29) is 24.3 Å². The molecule has 4 heteroatoms. The number of aliphatic carboxylic acids is 1. The van der Waals surface area contributed by atoms with Gasteiger partial charge < -0.3 is 10.0 Å². The molecule has 0 saturated heterocycles. The number of fused-ring (bicyclic) bond motifs is 1. The quantitative estimate of drug-likeness (QED) is 0.891. The van der Waals surface area contributed by atoms with Crippen molar-refractivity contribution >= 4 is 22.6 Å². The average Bonchev–Trinajstić information content (AvgIpc) is 3.33. The molecule has 1 aliphatic rings. The number of carbonyl (C=O) groups excluding carboxylic acids is 1. The number of hydrogen-bond donors (Lipinski definition) is 1. The largest absolute Gasteiger partial charge is 0.480 e. The topological polar surface area (TPSA) is 57.6 Å². The van der Waals surface area contributed by atoms with Gasteiger partial charge in [-0.2, -0.15) is 0 Å². The number of carbonyl (C=O) groups is 2. The lowest BCUT2D eigenvalue weighted by Gasteiger charge is -2.20. The molecule has 2 aromatic carbocycles. The first kappa shape index (κ1) is 15.5. The van der Waals surface area contributed by atoms with E-state index in [0.717, 1.165) is 12.8 Å². The molecule has 0 radical (unpaired) electrons. The van der Waals surface area contributed by atoms with Crippen molar-refractivity contribution in [2.45, 2.75) is 25.7 Å². The van der Waals surface area contributed by atoms with Crippen LogP contribution in [0.5, 0.6) is 0 Å². The Bertz CT molecular complexity index is 735. The molecule has 1 saturated carbocycles. The maximum atomic E-state index is 12.6. The monoisotopic (exact) mass is 311 g/mol. The summed E-state index contributed by atoms with van der Waals surface area (Å²) < 4.78 is 0. The Kier molecular flexibility index (Phi) is 4.33. The standard InChI is InChI=1S/C19H21NO3/c1-2-10-20(12-18(21)22)19(23)17-11-16(17)15-9-5-7-13-6-3-4-8-14(13)15/h3-9,16-17H,2,10-12H2,1H3,(H,21,22). The summed E-state index contributed by atoms with van der Waals surface area (Å²) in [5.74, 6) is -0.838. The Morgan fingerprint density at radius 1 is 1.17 bits per heavy atom. The molecule has 3 rings (SSSR count).